The largest absolute Gasteiger partial charge is 0.464 e. The maximum Gasteiger partial charge on any atom is 0.135 e. The van der Waals surface area contributed by atoms with E-state index >= 15 is 0 Å². The maximum atomic E-state index is 5.84. The molecule has 0 saturated carbocycles. The second kappa shape index (κ2) is 2.68. The smallest absolute Gasteiger partial charge is 0.135 e. The highest BCUT2D eigenvalue weighted by Crippen LogP contribution is 2.30. The third-order valence-electron chi connectivity index (χ3n) is 1.81. The van der Waals surface area contributed by atoms with E-state index in [4.69, 9.17) is 27.6 Å². The molecule has 0 aliphatic carbocycles. The predicted octanol–water partition coefficient (Wildman–Crippen LogP) is 4.05. The van der Waals surface area contributed by atoms with Crippen LogP contribution in [0.15, 0.2) is 22.8 Å². The summed E-state index contributed by atoms with van der Waals surface area (Å²) < 4.78 is 5.24. The fourth-order valence-corrected chi connectivity index (χ4v) is 1.47. The first-order valence-corrected chi connectivity index (χ1v) is 4.27. The number of furan rings is 1. The predicted molar refractivity (Wildman–Crippen MR) is 51.0 cm³/mol. The van der Waals surface area contributed by atoms with Crippen molar-refractivity contribution < 1.29 is 4.42 Å². The topological polar surface area (TPSA) is 13.1 Å². The summed E-state index contributed by atoms with van der Waals surface area (Å²) in [6, 6.07) is 3.55. The highest BCUT2D eigenvalue weighted by atomic mass is 35.5. The first-order valence-electron chi connectivity index (χ1n) is 3.51. The normalized spacial score (nSPS) is 10.9. The van der Waals surface area contributed by atoms with Crippen LogP contribution in [0.25, 0.3) is 11.0 Å². The molecule has 1 heterocycles. The fraction of sp³-hybridized carbons (Fsp3) is 0.111. The van der Waals surface area contributed by atoms with E-state index in [-0.39, 0.29) is 0 Å². The van der Waals surface area contributed by atoms with Crippen LogP contribution >= 0.6 is 23.2 Å². The van der Waals surface area contributed by atoms with Crippen LogP contribution in [-0.4, -0.2) is 0 Å². The van der Waals surface area contributed by atoms with Gasteiger partial charge in [-0.25, -0.2) is 0 Å². The van der Waals surface area contributed by atoms with Crippen LogP contribution in [0.1, 0.15) is 5.56 Å². The third-order valence-corrected chi connectivity index (χ3v) is 2.53. The minimum atomic E-state index is 0.526. The van der Waals surface area contributed by atoms with Crippen molar-refractivity contribution >= 4 is 34.2 Å². The molecule has 0 N–H and O–H groups in total. The monoisotopic (exact) mass is 200 g/mol. The lowest BCUT2D eigenvalue weighted by molar-refractivity contribution is 0.613. The van der Waals surface area contributed by atoms with Crippen LogP contribution in [0.2, 0.25) is 10.0 Å². The number of benzene rings is 1. The number of hydrogen-bond donors (Lipinski definition) is 0. The molecule has 0 aliphatic rings. The van der Waals surface area contributed by atoms with Gasteiger partial charge in [0.2, 0.25) is 0 Å². The molecule has 0 bridgehead atoms. The molecule has 3 heteroatoms. The molecule has 0 aliphatic heterocycles. The molecule has 12 heavy (non-hydrogen) atoms. The summed E-state index contributed by atoms with van der Waals surface area (Å²) in [5, 5.41) is 2.11. The summed E-state index contributed by atoms with van der Waals surface area (Å²) in [4.78, 5) is 0. The van der Waals surface area contributed by atoms with Crippen LogP contribution in [0.5, 0.6) is 0 Å². The Morgan fingerprint density at radius 2 is 1.83 bits per heavy atom. The van der Waals surface area contributed by atoms with E-state index in [2.05, 4.69) is 0 Å². The summed E-state index contributed by atoms with van der Waals surface area (Å²) in [6.45, 7) is 1.97. The number of aryl methyl sites for hydroxylation is 1. The van der Waals surface area contributed by atoms with E-state index in [1.807, 2.05) is 13.0 Å². The van der Waals surface area contributed by atoms with Crippen molar-refractivity contribution in [3.05, 3.63) is 34.0 Å². The van der Waals surface area contributed by atoms with Crippen molar-refractivity contribution in [1.29, 1.82) is 0 Å². The molecule has 0 saturated heterocycles. The number of fused-ring (bicyclic) bond motifs is 1. The first-order chi connectivity index (χ1) is 5.68. The van der Waals surface area contributed by atoms with Gasteiger partial charge in [-0.2, -0.15) is 0 Å². The Morgan fingerprint density at radius 1 is 1.17 bits per heavy atom. The van der Waals surface area contributed by atoms with Gasteiger partial charge in [0.15, 0.2) is 0 Å². The zero-order valence-electron chi connectivity index (χ0n) is 6.40. The standard InChI is InChI=1S/C9H6Cl2O/c1-5-4-12-9-3-8(11)7(10)2-6(5)9/h2-4H,1H3. The average Bonchev–Trinajstić information content (AvgIpc) is 2.35. The summed E-state index contributed by atoms with van der Waals surface area (Å²) in [7, 11) is 0. The fourth-order valence-electron chi connectivity index (χ4n) is 1.15. The summed E-state index contributed by atoms with van der Waals surface area (Å²) in [6.07, 6.45) is 1.69. The summed E-state index contributed by atoms with van der Waals surface area (Å²) in [5.74, 6) is 0. The minimum Gasteiger partial charge on any atom is -0.464 e. The molecule has 0 unspecified atom stereocenters. The van der Waals surface area contributed by atoms with E-state index in [0.717, 1.165) is 16.5 Å². The van der Waals surface area contributed by atoms with Gasteiger partial charge in [-0.15, -0.1) is 0 Å². The number of hydrogen-bond acceptors (Lipinski definition) is 1. The Morgan fingerprint density at radius 3 is 2.58 bits per heavy atom. The lowest BCUT2D eigenvalue weighted by Crippen LogP contribution is -1.70. The van der Waals surface area contributed by atoms with Gasteiger partial charge < -0.3 is 4.42 Å². The zero-order valence-corrected chi connectivity index (χ0v) is 7.91. The third kappa shape index (κ3) is 1.10. The van der Waals surface area contributed by atoms with Gasteiger partial charge >= 0.3 is 0 Å². The highest BCUT2D eigenvalue weighted by molar-refractivity contribution is 6.42. The lowest BCUT2D eigenvalue weighted by atomic mass is 10.2. The van der Waals surface area contributed by atoms with E-state index in [1.165, 1.54) is 0 Å². The van der Waals surface area contributed by atoms with Crippen LogP contribution in [0.3, 0.4) is 0 Å². The lowest BCUT2D eigenvalue weighted by Gasteiger charge is -1.94. The quantitative estimate of drug-likeness (QED) is 0.626. The maximum absolute atomic E-state index is 5.84. The molecule has 1 aromatic carbocycles. The second-order valence-electron chi connectivity index (χ2n) is 2.68. The van der Waals surface area contributed by atoms with E-state index in [9.17, 15) is 0 Å². The molecule has 0 fully saturated rings. The van der Waals surface area contributed by atoms with Crippen LogP contribution < -0.4 is 0 Å². The Hall–Kier alpha value is -0.660. The number of halogens is 2. The SMILES string of the molecule is Cc1coc2cc(Cl)c(Cl)cc12. The average molecular weight is 201 g/mol. The van der Waals surface area contributed by atoms with Crippen molar-refractivity contribution in [2.75, 3.05) is 0 Å². The molecule has 62 valence electrons. The molecule has 0 atom stereocenters. The van der Waals surface area contributed by atoms with Crippen molar-refractivity contribution in [2.24, 2.45) is 0 Å². The van der Waals surface area contributed by atoms with E-state index in [0.29, 0.717) is 10.0 Å². The molecule has 1 nitrogen and oxygen atoms in total. The molecule has 1 aromatic heterocycles. The minimum absolute atomic E-state index is 0.526. The van der Waals surface area contributed by atoms with Gasteiger partial charge in [0, 0.05) is 11.5 Å². The zero-order chi connectivity index (χ0) is 8.72. The van der Waals surface area contributed by atoms with Gasteiger partial charge in [0.1, 0.15) is 5.58 Å². The van der Waals surface area contributed by atoms with Gasteiger partial charge in [-0.05, 0) is 18.6 Å². The summed E-state index contributed by atoms with van der Waals surface area (Å²) in [5.41, 5.74) is 1.85. The summed E-state index contributed by atoms with van der Waals surface area (Å²) >= 11 is 11.6. The van der Waals surface area contributed by atoms with Gasteiger partial charge in [0.05, 0.1) is 16.3 Å². The van der Waals surface area contributed by atoms with Crippen molar-refractivity contribution in [3.63, 3.8) is 0 Å². The second-order valence-corrected chi connectivity index (χ2v) is 3.50. The van der Waals surface area contributed by atoms with Gasteiger partial charge in [0.25, 0.3) is 0 Å². The molecular formula is C9H6Cl2O. The first kappa shape index (κ1) is 7.96. The number of rotatable bonds is 0. The molecule has 2 aromatic rings. The van der Waals surface area contributed by atoms with Crippen molar-refractivity contribution in [3.8, 4) is 0 Å². The molecule has 0 spiro atoms. The molecule has 0 amide bonds. The molecular weight excluding hydrogens is 195 g/mol. The Balaban J connectivity index is 2.87. The van der Waals surface area contributed by atoms with Crippen LogP contribution in [0, 0.1) is 6.92 Å². The van der Waals surface area contributed by atoms with Gasteiger partial charge in [-0.3, -0.25) is 0 Å². The Labute approximate surface area is 79.9 Å². The Kier molecular flexibility index (Phi) is 1.78. The van der Waals surface area contributed by atoms with Crippen LogP contribution in [0.4, 0.5) is 0 Å². The Bertz CT molecular complexity index is 431. The molecule has 2 rings (SSSR count). The van der Waals surface area contributed by atoms with E-state index < -0.39 is 0 Å². The van der Waals surface area contributed by atoms with E-state index in [1.54, 1.807) is 12.3 Å². The molecule has 0 radical (unpaired) electrons. The van der Waals surface area contributed by atoms with Crippen molar-refractivity contribution in [1.82, 2.24) is 0 Å². The van der Waals surface area contributed by atoms with Gasteiger partial charge in [-0.1, -0.05) is 23.2 Å². The van der Waals surface area contributed by atoms with Crippen LogP contribution in [-0.2, 0) is 0 Å². The highest BCUT2D eigenvalue weighted by Gasteiger charge is 2.05. The van der Waals surface area contributed by atoms with Crippen molar-refractivity contribution in [2.45, 2.75) is 6.92 Å².